The van der Waals surface area contributed by atoms with Crippen LogP contribution < -0.4 is 5.32 Å². The number of thiazole rings is 1. The largest absolute Gasteiger partial charge is 0.370 e. The lowest BCUT2D eigenvalue weighted by Crippen LogP contribution is -2.03. The second kappa shape index (κ2) is 5.87. The summed E-state index contributed by atoms with van der Waals surface area (Å²) in [5, 5.41) is 3.83. The lowest BCUT2D eigenvalue weighted by molar-refractivity contribution is 0.0107. The molecule has 3 nitrogen and oxygen atoms in total. The smallest absolute Gasteiger partial charge is 0.261 e. The van der Waals surface area contributed by atoms with Crippen LogP contribution in [-0.4, -0.2) is 24.6 Å². The van der Waals surface area contributed by atoms with Crippen molar-refractivity contribution in [1.29, 1.82) is 0 Å². The molecule has 6 heteroatoms. The van der Waals surface area contributed by atoms with Gasteiger partial charge in [0.15, 0.2) is 5.13 Å². The number of alkyl halides is 2. The van der Waals surface area contributed by atoms with Crippen molar-refractivity contribution in [2.75, 3.05) is 18.5 Å². The van der Waals surface area contributed by atoms with E-state index in [-0.39, 0.29) is 6.61 Å². The van der Waals surface area contributed by atoms with E-state index in [0.29, 0.717) is 0 Å². The maximum Gasteiger partial charge on any atom is 0.261 e. The second-order valence-corrected chi connectivity index (χ2v) is 3.68. The van der Waals surface area contributed by atoms with E-state index in [1.165, 1.54) is 11.3 Å². The molecule has 0 saturated heterocycles. The zero-order valence-corrected chi connectivity index (χ0v) is 8.61. The van der Waals surface area contributed by atoms with Gasteiger partial charge in [0, 0.05) is 12.7 Å². The van der Waals surface area contributed by atoms with Gasteiger partial charge in [-0.1, -0.05) is 11.3 Å². The third-order valence-electron chi connectivity index (χ3n) is 1.37. The Morgan fingerprint density at radius 1 is 1.64 bits per heavy atom. The standard InChI is InChI=1S/C8H12F2N2OS/c1-2-11-8-12-3-6(14-8)4-13-5-7(9)10/h3,7H,2,4-5H2,1H3,(H,11,12). The zero-order chi connectivity index (χ0) is 10.4. The molecule has 0 aliphatic carbocycles. The molecule has 14 heavy (non-hydrogen) atoms. The lowest BCUT2D eigenvalue weighted by Gasteiger charge is -1.99. The molecular formula is C8H12F2N2OS. The fourth-order valence-corrected chi connectivity index (χ4v) is 1.67. The minimum Gasteiger partial charge on any atom is -0.370 e. The molecule has 1 aromatic rings. The lowest BCUT2D eigenvalue weighted by atomic mass is 10.6. The van der Waals surface area contributed by atoms with E-state index in [1.807, 2.05) is 6.92 Å². The number of ether oxygens (including phenoxy) is 1. The Bertz CT molecular complexity index is 268. The highest BCUT2D eigenvalue weighted by molar-refractivity contribution is 7.15. The van der Waals surface area contributed by atoms with E-state index in [4.69, 9.17) is 4.74 Å². The predicted octanol–water partition coefficient (Wildman–Crippen LogP) is 2.36. The van der Waals surface area contributed by atoms with Crippen LogP contribution in [0.15, 0.2) is 6.20 Å². The molecule has 0 bridgehead atoms. The average molecular weight is 222 g/mol. The highest BCUT2D eigenvalue weighted by Gasteiger charge is 2.04. The summed E-state index contributed by atoms with van der Waals surface area (Å²) in [7, 11) is 0. The van der Waals surface area contributed by atoms with E-state index < -0.39 is 13.0 Å². The van der Waals surface area contributed by atoms with E-state index in [9.17, 15) is 8.78 Å². The summed E-state index contributed by atoms with van der Waals surface area (Å²) in [4.78, 5) is 4.89. The summed E-state index contributed by atoms with van der Waals surface area (Å²) in [5.41, 5.74) is 0. The predicted molar refractivity (Wildman–Crippen MR) is 51.9 cm³/mol. The summed E-state index contributed by atoms with van der Waals surface area (Å²) in [5.74, 6) is 0. The Hall–Kier alpha value is -0.750. The van der Waals surface area contributed by atoms with Crippen molar-refractivity contribution in [3.8, 4) is 0 Å². The molecule has 0 aliphatic rings. The quantitative estimate of drug-likeness (QED) is 0.802. The van der Waals surface area contributed by atoms with Gasteiger partial charge in [0.25, 0.3) is 6.43 Å². The number of hydrogen-bond donors (Lipinski definition) is 1. The van der Waals surface area contributed by atoms with Crippen molar-refractivity contribution in [3.63, 3.8) is 0 Å². The minimum absolute atomic E-state index is 0.202. The molecule has 0 unspecified atom stereocenters. The van der Waals surface area contributed by atoms with Crippen LogP contribution in [0.3, 0.4) is 0 Å². The summed E-state index contributed by atoms with van der Waals surface area (Å²) >= 11 is 1.42. The van der Waals surface area contributed by atoms with E-state index >= 15 is 0 Å². The van der Waals surface area contributed by atoms with Gasteiger partial charge < -0.3 is 10.1 Å². The summed E-state index contributed by atoms with van der Waals surface area (Å²) in [6, 6.07) is 0. The van der Waals surface area contributed by atoms with Gasteiger partial charge in [0.1, 0.15) is 6.61 Å². The third-order valence-corrected chi connectivity index (χ3v) is 2.30. The molecule has 0 fully saturated rings. The van der Waals surface area contributed by atoms with Crippen LogP contribution in [0.1, 0.15) is 11.8 Å². The molecule has 0 aromatic carbocycles. The molecule has 0 amide bonds. The van der Waals surface area contributed by atoms with E-state index in [0.717, 1.165) is 16.6 Å². The van der Waals surface area contributed by atoms with Gasteiger partial charge in [-0.25, -0.2) is 13.8 Å². The Labute approximate surface area is 85.1 Å². The number of aromatic nitrogens is 1. The van der Waals surface area contributed by atoms with Crippen molar-refractivity contribution in [2.24, 2.45) is 0 Å². The number of rotatable bonds is 6. The Morgan fingerprint density at radius 2 is 2.43 bits per heavy atom. The molecule has 0 saturated carbocycles. The molecule has 1 rings (SSSR count). The first-order chi connectivity index (χ1) is 6.72. The van der Waals surface area contributed by atoms with Gasteiger partial charge in [0.05, 0.1) is 11.5 Å². The fourth-order valence-electron chi connectivity index (χ4n) is 0.856. The molecule has 0 radical (unpaired) electrons. The maximum atomic E-state index is 11.7. The van der Waals surface area contributed by atoms with Crippen molar-refractivity contribution < 1.29 is 13.5 Å². The molecular weight excluding hydrogens is 210 g/mol. The topological polar surface area (TPSA) is 34.2 Å². The van der Waals surface area contributed by atoms with Crippen LogP contribution in [-0.2, 0) is 11.3 Å². The van der Waals surface area contributed by atoms with Gasteiger partial charge in [0.2, 0.25) is 0 Å². The number of halogens is 2. The summed E-state index contributed by atoms with van der Waals surface area (Å²) < 4.78 is 28.2. The minimum atomic E-state index is -2.41. The molecule has 0 atom stereocenters. The Morgan fingerprint density at radius 3 is 3.07 bits per heavy atom. The monoisotopic (exact) mass is 222 g/mol. The summed E-state index contributed by atoms with van der Waals surface area (Å²) in [6.45, 7) is 2.45. The molecule has 80 valence electrons. The van der Waals surface area contributed by atoms with Gasteiger partial charge in [-0.2, -0.15) is 0 Å². The van der Waals surface area contributed by atoms with Gasteiger partial charge >= 0.3 is 0 Å². The molecule has 0 spiro atoms. The number of hydrogen-bond acceptors (Lipinski definition) is 4. The fraction of sp³-hybridized carbons (Fsp3) is 0.625. The van der Waals surface area contributed by atoms with Crippen LogP contribution in [0.25, 0.3) is 0 Å². The Kier molecular flexibility index (Phi) is 4.75. The molecule has 1 aromatic heterocycles. The van der Waals surface area contributed by atoms with E-state index in [2.05, 4.69) is 10.3 Å². The van der Waals surface area contributed by atoms with Crippen LogP contribution >= 0.6 is 11.3 Å². The Balaban J connectivity index is 2.28. The van der Waals surface area contributed by atoms with Gasteiger partial charge in [-0.05, 0) is 6.92 Å². The number of anilines is 1. The number of nitrogens with one attached hydrogen (secondary N) is 1. The van der Waals surface area contributed by atoms with Crippen LogP contribution in [0.5, 0.6) is 0 Å². The number of nitrogens with zero attached hydrogens (tertiary/aromatic N) is 1. The highest BCUT2D eigenvalue weighted by Crippen LogP contribution is 2.18. The van der Waals surface area contributed by atoms with Crippen LogP contribution in [0.2, 0.25) is 0 Å². The first-order valence-corrected chi connectivity index (χ1v) is 5.08. The third kappa shape index (κ3) is 3.97. The van der Waals surface area contributed by atoms with Crippen molar-refractivity contribution in [1.82, 2.24) is 4.98 Å². The first kappa shape index (κ1) is 11.3. The summed E-state index contributed by atoms with van der Waals surface area (Å²) in [6.07, 6.45) is -0.773. The molecule has 1 N–H and O–H groups in total. The van der Waals surface area contributed by atoms with E-state index in [1.54, 1.807) is 6.20 Å². The highest BCUT2D eigenvalue weighted by atomic mass is 32.1. The van der Waals surface area contributed by atoms with Crippen molar-refractivity contribution >= 4 is 16.5 Å². The molecule has 1 heterocycles. The maximum absolute atomic E-state index is 11.7. The molecule has 0 aliphatic heterocycles. The second-order valence-electron chi connectivity index (χ2n) is 2.57. The SMILES string of the molecule is CCNc1ncc(COCC(F)F)s1. The van der Waals surface area contributed by atoms with Crippen LogP contribution in [0, 0.1) is 0 Å². The first-order valence-electron chi connectivity index (χ1n) is 4.26. The van der Waals surface area contributed by atoms with Gasteiger partial charge in [-0.15, -0.1) is 0 Å². The normalized spacial score (nSPS) is 10.9. The average Bonchev–Trinajstić information content (AvgIpc) is 2.53. The van der Waals surface area contributed by atoms with Gasteiger partial charge in [-0.3, -0.25) is 0 Å². The van der Waals surface area contributed by atoms with Crippen LogP contribution in [0.4, 0.5) is 13.9 Å². The van der Waals surface area contributed by atoms with Crippen molar-refractivity contribution in [3.05, 3.63) is 11.1 Å². The van der Waals surface area contributed by atoms with Crippen molar-refractivity contribution in [2.45, 2.75) is 20.0 Å². The zero-order valence-electron chi connectivity index (χ0n) is 7.80.